The van der Waals surface area contributed by atoms with Gasteiger partial charge in [0.2, 0.25) is 0 Å². The van der Waals surface area contributed by atoms with E-state index in [0.29, 0.717) is 16.3 Å². The van der Waals surface area contributed by atoms with Crippen molar-refractivity contribution in [1.82, 2.24) is 15.8 Å². The number of methoxy groups -OCH3 is 1. The van der Waals surface area contributed by atoms with Crippen LogP contribution in [0.5, 0.6) is 5.75 Å². The van der Waals surface area contributed by atoms with Crippen molar-refractivity contribution in [2.45, 2.75) is 12.5 Å². The zero-order chi connectivity index (χ0) is 20.5. The summed E-state index contributed by atoms with van der Waals surface area (Å²) in [4.78, 5) is 47.7. The van der Waals surface area contributed by atoms with E-state index in [9.17, 15) is 24.5 Å². The second kappa shape index (κ2) is 6.99. The van der Waals surface area contributed by atoms with Gasteiger partial charge in [-0.1, -0.05) is 6.07 Å². The first-order valence-electron chi connectivity index (χ1n) is 8.13. The Hall–Kier alpha value is -3.95. The number of carbonyl (C=O) groups is 3. The maximum Gasteiger partial charge on any atom is 0.344 e. The van der Waals surface area contributed by atoms with E-state index >= 15 is 0 Å². The zero-order valence-corrected chi connectivity index (χ0v) is 15.0. The van der Waals surface area contributed by atoms with Crippen LogP contribution in [0.1, 0.15) is 22.8 Å². The molecule has 1 aliphatic heterocycles. The minimum atomic E-state index is -1.48. The highest BCUT2D eigenvalue weighted by molar-refractivity contribution is 6.09. The first kappa shape index (κ1) is 18.8. The standard InChI is InChI=1S/C18H16N4O6/c1-18(12-6-8-13(9-7-12)22(26)27)16(24)21(17(25)19-18)20-15(23)11-4-3-5-14(10-11)28-2/h3-10H,1-2H3,(H,19,25)(H,20,23)/t18-/m0/s1. The van der Waals surface area contributed by atoms with Gasteiger partial charge in [-0.3, -0.25) is 25.1 Å². The Labute approximate surface area is 159 Å². The maximum atomic E-state index is 12.8. The van der Waals surface area contributed by atoms with Crippen molar-refractivity contribution >= 4 is 23.5 Å². The largest absolute Gasteiger partial charge is 0.497 e. The molecule has 1 atom stereocenters. The topological polar surface area (TPSA) is 131 Å². The molecule has 0 radical (unpaired) electrons. The van der Waals surface area contributed by atoms with Crippen LogP contribution in [-0.4, -0.2) is 34.9 Å². The number of urea groups is 1. The highest BCUT2D eigenvalue weighted by Crippen LogP contribution is 2.29. The Balaban J connectivity index is 1.82. The summed E-state index contributed by atoms with van der Waals surface area (Å²) in [5.74, 6) is -0.946. The van der Waals surface area contributed by atoms with Crippen molar-refractivity contribution in [3.05, 3.63) is 69.8 Å². The molecule has 2 aromatic carbocycles. The summed E-state index contributed by atoms with van der Waals surface area (Å²) in [6.45, 7) is 1.45. The lowest BCUT2D eigenvalue weighted by atomic mass is 9.92. The summed E-state index contributed by atoms with van der Waals surface area (Å²) < 4.78 is 5.05. The second-order valence-corrected chi connectivity index (χ2v) is 6.17. The molecule has 0 bridgehead atoms. The highest BCUT2D eigenvalue weighted by atomic mass is 16.6. The number of nitrogens with one attached hydrogen (secondary N) is 2. The Kier molecular flexibility index (Phi) is 4.70. The van der Waals surface area contributed by atoms with Crippen LogP contribution in [0.25, 0.3) is 0 Å². The molecule has 0 unspecified atom stereocenters. The van der Waals surface area contributed by atoms with Gasteiger partial charge in [-0.05, 0) is 42.8 Å². The molecule has 4 amide bonds. The van der Waals surface area contributed by atoms with Crippen molar-refractivity contribution in [3.63, 3.8) is 0 Å². The Bertz CT molecular complexity index is 974. The predicted octanol–water partition coefficient (Wildman–Crippen LogP) is 1.72. The van der Waals surface area contributed by atoms with E-state index in [4.69, 9.17) is 4.74 Å². The Morgan fingerprint density at radius 1 is 1.21 bits per heavy atom. The summed E-state index contributed by atoms with van der Waals surface area (Å²) >= 11 is 0. The van der Waals surface area contributed by atoms with E-state index in [-0.39, 0.29) is 11.3 Å². The first-order valence-corrected chi connectivity index (χ1v) is 8.13. The summed E-state index contributed by atoms with van der Waals surface area (Å²) in [5.41, 5.74) is 1.19. The number of hydrogen-bond donors (Lipinski definition) is 2. The molecule has 0 aliphatic carbocycles. The first-order chi connectivity index (χ1) is 13.3. The third-order valence-electron chi connectivity index (χ3n) is 4.39. The van der Waals surface area contributed by atoms with Crippen molar-refractivity contribution in [1.29, 1.82) is 0 Å². The second-order valence-electron chi connectivity index (χ2n) is 6.17. The van der Waals surface area contributed by atoms with Crippen LogP contribution in [0.2, 0.25) is 0 Å². The van der Waals surface area contributed by atoms with E-state index in [1.54, 1.807) is 12.1 Å². The minimum Gasteiger partial charge on any atom is -0.497 e. The monoisotopic (exact) mass is 384 g/mol. The quantitative estimate of drug-likeness (QED) is 0.458. The lowest BCUT2D eigenvalue weighted by Crippen LogP contribution is -2.47. The number of hydrazine groups is 1. The maximum absolute atomic E-state index is 12.8. The summed E-state index contributed by atoms with van der Waals surface area (Å²) in [6, 6.07) is 10.6. The molecule has 144 valence electrons. The van der Waals surface area contributed by atoms with Gasteiger partial charge in [-0.2, -0.15) is 5.01 Å². The molecule has 0 spiro atoms. The van der Waals surface area contributed by atoms with Crippen LogP contribution in [0, 0.1) is 10.1 Å². The number of non-ortho nitro benzene ring substituents is 1. The van der Waals surface area contributed by atoms with Crippen molar-refractivity contribution in [2.75, 3.05) is 7.11 Å². The normalized spacial score (nSPS) is 18.6. The third-order valence-corrected chi connectivity index (χ3v) is 4.39. The van der Waals surface area contributed by atoms with Crippen LogP contribution >= 0.6 is 0 Å². The average Bonchev–Trinajstić information content (AvgIpc) is 2.92. The van der Waals surface area contributed by atoms with Gasteiger partial charge in [-0.25, -0.2) is 4.79 Å². The van der Waals surface area contributed by atoms with Crippen LogP contribution in [-0.2, 0) is 10.3 Å². The van der Waals surface area contributed by atoms with Crippen molar-refractivity contribution in [3.8, 4) is 5.75 Å². The number of rotatable bonds is 5. The molecule has 2 N–H and O–H groups in total. The number of benzene rings is 2. The molecule has 1 aliphatic rings. The van der Waals surface area contributed by atoms with Gasteiger partial charge in [-0.15, -0.1) is 0 Å². The number of carbonyl (C=O) groups excluding carboxylic acids is 3. The zero-order valence-electron chi connectivity index (χ0n) is 15.0. The Morgan fingerprint density at radius 3 is 2.50 bits per heavy atom. The fourth-order valence-corrected chi connectivity index (χ4v) is 2.78. The van der Waals surface area contributed by atoms with Gasteiger partial charge in [0.25, 0.3) is 17.5 Å². The van der Waals surface area contributed by atoms with Gasteiger partial charge in [0.15, 0.2) is 0 Å². The lowest BCUT2D eigenvalue weighted by molar-refractivity contribution is -0.384. The average molecular weight is 384 g/mol. The Morgan fingerprint density at radius 2 is 1.89 bits per heavy atom. The minimum absolute atomic E-state index is 0.146. The molecule has 3 rings (SSSR count). The van der Waals surface area contributed by atoms with E-state index in [2.05, 4.69) is 10.7 Å². The molecule has 28 heavy (non-hydrogen) atoms. The van der Waals surface area contributed by atoms with Gasteiger partial charge < -0.3 is 10.1 Å². The molecule has 10 heteroatoms. The van der Waals surface area contributed by atoms with Gasteiger partial charge in [0.1, 0.15) is 11.3 Å². The molecule has 10 nitrogen and oxygen atoms in total. The van der Waals surface area contributed by atoms with Crippen LogP contribution in [0.15, 0.2) is 48.5 Å². The number of hydrogen-bond acceptors (Lipinski definition) is 6. The van der Waals surface area contributed by atoms with E-state index < -0.39 is 28.3 Å². The summed E-state index contributed by atoms with van der Waals surface area (Å²) in [6.07, 6.45) is 0. The predicted molar refractivity (Wildman–Crippen MR) is 96.3 cm³/mol. The number of nitro groups is 1. The summed E-state index contributed by atoms with van der Waals surface area (Å²) in [5, 5.41) is 13.9. The molecule has 0 aromatic heterocycles. The fraction of sp³-hybridized carbons (Fsp3) is 0.167. The van der Waals surface area contributed by atoms with E-state index in [0.717, 1.165) is 0 Å². The van der Waals surface area contributed by atoms with Gasteiger partial charge in [0.05, 0.1) is 12.0 Å². The van der Waals surface area contributed by atoms with Crippen LogP contribution in [0.4, 0.5) is 10.5 Å². The fourth-order valence-electron chi connectivity index (χ4n) is 2.78. The number of nitro benzene ring substituents is 1. The molecule has 2 aromatic rings. The van der Waals surface area contributed by atoms with Gasteiger partial charge in [0, 0.05) is 17.7 Å². The summed E-state index contributed by atoms with van der Waals surface area (Å²) in [7, 11) is 1.45. The van der Waals surface area contributed by atoms with Gasteiger partial charge >= 0.3 is 6.03 Å². The molecular weight excluding hydrogens is 368 g/mol. The van der Waals surface area contributed by atoms with Crippen molar-refractivity contribution < 1.29 is 24.0 Å². The SMILES string of the molecule is COc1cccc(C(=O)NN2C(=O)N[C@@](C)(c3ccc([N+](=O)[O-])cc3)C2=O)c1. The smallest absolute Gasteiger partial charge is 0.344 e. The number of nitrogens with zero attached hydrogens (tertiary/aromatic N) is 2. The number of amides is 4. The number of ether oxygens (including phenoxy) is 1. The van der Waals surface area contributed by atoms with Crippen LogP contribution in [0.3, 0.4) is 0 Å². The molecule has 1 heterocycles. The van der Waals surface area contributed by atoms with Crippen molar-refractivity contribution in [2.24, 2.45) is 0 Å². The third kappa shape index (κ3) is 3.22. The lowest BCUT2D eigenvalue weighted by Gasteiger charge is -2.22. The van der Waals surface area contributed by atoms with Crippen LogP contribution < -0.4 is 15.5 Å². The van der Waals surface area contributed by atoms with E-state index in [1.165, 1.54) is 50.4 Å². The molecule has 1 saturated heterocycles. The molecule has 1 fully saturated rings. The highest BCUT2D eigenvalue weighted by Gasteiger charge is 2.50. The van der Waals surface area contributed by atoms with E-state index in [1.807, 2.05) is 0 Å². The molecule has 0 saturated carbocycles. The molecular formula is C18H16N4O6. The number of imide groups is 1.